The number of amides is 2. The molecule has 0 heterocycles. The van der Waals surface area contributed by atoms with Crippen molar-refractivity contribution in [1.29, 1.82) is 5.26 Å². The Morgan fingerprint density at radius 1 is 1.48 bits per heavy atom. The molecule has 1 saturated carbocycles. The van der Waals surface area contributed by atoms with E-state index < -0.39 is 12.0 Å². The minimum atomic E-state index is -0.937. The first kappa shape index (κ1) is 15.3. The second-order valence-corrected chi connectivity index (χ2v) is 5.86. The van der Waals surface area contributed by atoms with Crippen LogP contribution < -0.4 is 10.6 Å². The first-order chi connectivity index (χ1) is 9.99. The zero-order valence-corrected chi connectivity index (χ0v) is 12.7. The van der Waals surface area contributed by atoms with Gasteiger partial charge in [-0.2, -0.15) is 5.26 Å². The van der Waals surface area contributed by atoms with Crippen LogP contribution in [0.4, 0.5) is 10.5 Å². The highest BCUT2D eigenvalue weighted by Gasteiger charge is 2.33. The summed E-state index contributed by atoms with van der Waals surface area (Å²) in [7, 11) is 0. The molecule has 7 heteroatoms. The number of aliphatic carboxylic acids is 1. The van der Waals surface area contributed by atoms with E-state index in [1.807, 2.05) is 6.07 Å². The van der Waals surface area contributed by atoms with Crippen molar-refractivity contribution in [2.24, 2.45) is 5.92 Å². The molecule has 3 N–H and O–H groups in total. The summed E-state index contributed by atoms with van der Waals surface area (Å²) in [6.07, 6.45) is 1.77. The van der Waals surface area contributed by atoms with Crippen LogP contribution in [0.1, 0.15) is 24.8 Å². The summed E-state index contributed by atoms with van der Waals surface area (Å²) in [6, 6.07) is 6.06. The van der Waals surface area contributed by atoms with Gasteiger partial charge in [0.15, 0.2) is 0 Å². The SMILES string of the molecule is N#Cc1cc(Br)ccc1NC(=O)NC(CC(=O)O)C1CC1. The van der Waals surface area contributed by atoms with Gasteiger partial charge in [0.25, 0.3) is 0 Å². The number of nitrogens with one attached hydrogen (secondary N) is 2. The van der Waals surface area contributed by atoms with E-state index in [1.54, 1.807) is 18.2 Å². The second-order valence-electron chi connectivity index (χ2n) is 4.94. The number of hydrogen-bond donors (Lipinski definition) is 3. The number of carbonyl (C=O) groups is 2. The third kappa shape index (κ3) is 4.46. The van der Waals surface area contributed by atoms with Gasteiger partial charge in [-0.05, 0) is 37.0 Å². The maximum Gasteiger partial charge on any atom is 0.319 e. The van der Waals surface area contributed by atoms with Crippen molar-refractivity contribution in [3.8, 4) is 6.07 Å². The Kier molecular flexibility index (Phi) is 4.81. The number of benzene rings is 1. The van der Waals surface area contributed by atoms with Crippen molar-refractivity contribution >= 4 is 33.6 Å². The normalized spacial score (nSPS) is 14.9. The van der Waals surface area contributed by atoms with Crippen molar-refractivity contribution < 1.29 is 14.7 Å². The van der Waals surface area contributed by atoms with Gasteiger partial charge in [0.2, 0.25) is 0 Å². The Balaban J connectivity index is 2.01. The smallest absolute Gasteiger partial charge is 0.319 e. The number of carboxylic acid groups (broad SMARTS) is 1. The third-order valence-electron chi connectivity index (χ3n) is 3.25. The highest BCUT2D eigenvalue weighted by Crippen LogP contribution is 2.34. The molecule has 110 valence electrons. The lowest BCUT2D eigenvalue weighted by Gasteiger charge is -2.17. The topological polar surface area (TPSA) is 102 Å². The largest absolute Gasteiger partial charge is 0.481 e. The average molecular weight is 352 g/mol. The Morgan fingerprint density at radius 3 is 2.76 bits per heavy atom. The number of carbonyl (C=O) groups excluding carboxylic acids is 1. The summed E-state index contributed by atoms with van der Waals surface area (Å²) in [5, 5.41) is 23.2. The summed E-state index contributed by atoms with van der Waals surface area (Å²) >= 11 is 3.25. The summed E-state index contributed by atoms with van der Waals surface area (Å²) in [5.41, 5.74) is 0.726. The highest BCUT2D eigenvalue weighted by atomic mass is 79.9. The molecule has 1 aromatic carbocycles. The molecule has 2 rings (SSSR count). The van der Waals surface area contributed by atoms with Crippen molar-refractivity contribution in [3.63, 3.8) is 0 Å². The summed E-state index contributed by atoms with van der Waals surface area (Å²) < 4.78 is 0.742. The zero-order chi connectivity index (χ0) is 15.4. The van der Waals surface area contributed by atoms with Gasteiger partial charge in [-0.25, -0.2) is 4.79 Å². The lowest BCUT2D eigenvalue weighted by molar-refractivity contribution is -0.137. The zero-order valence-electron chi connectivity index (χ0n) is 11.1. The van der Waals surface area contributed by atoms with Gasteiger partial charge in [0, 0.05) is 10.5 Å². The molecule has 1 aromatic rings. The predicted octanol–water partition coefficient (Wildman–Crippen LogP) is 2.70. The average Bonchev–Trinajstić information content (AvgIpc) is 3.24. The molecule has 0 radical (unpaired) electrons. The van der Waals surface area contributed by atoms with Gasteiger partial charge in [-0.3, -0.25) is 4.79 Å². The van der Waals surface area contributed by atoms with Crippen LogP contribution >= 0.6 is 15.9 Å². The van der Waals surface area contributed by atoms with Gasteiger partial charge < -0.3 is 15.7 Å². The predicted molar refractivity (Wildman–Crippen MR) is 79.8 cm³/mol. The first-order valence-electron chi connectivity index (χ1n) is 6.48. The maximum atomic E-state index is 12.0. The number of urea groups is 1. The molecule has 2 amide bonds. The Bertz CT molecular complexity index is 608. The van der Waals surface area contributed by atoms with Crippen LogP contribution in [-0.4, -0.2) is 23.1 Å². The van der Waals surface area contributed by atoms with E-state index in [2.05, 4.69) is 26.6 Å². The van der Waals surface area contributed by atoms with E-state index in [-0.39, 0.29) is 18.4 Å². The fourth-order valence-electron chi connectivity index (χ4n) is 2.07. The van der Waals surface area contributed by atoms with E-state index in [4.69, 9.17) is 10.4 Å². The van der Waals surface area contributed by atoms with Crippen molar-refractivity contribution in [2.75, 3.05) is 5.32 Å². The molecule has 21 heavy (non-hydrogen) atoms. The molecular formula is C14H14BrN3O3. The molecule has 0 aromatic heterocycles. The minimum absolute atomic E-state index is 0.0937. The second kappa shape index (κ2) is 6.59. The lowest BCUT2D eigenvalue weighted by atomic mass is 10.1. The maximum absolute atomic E-state index is 12.0. The van der Waals surface area contributed by atoms with Crippen molar-refractivity contribution in [1.82, 2.24) is 5.32 Å². The van der Waals surface area contributed by atoms with E-state index in [1.165, 1.54) is 0 Å². The molecule has 1 unspecified atom stereocenters. The third-order valence-corrected chi connectivity index (χ3v) is 3.75. The molecule has 0 bridgehead atoms. The van der Waals surface area contributed by atoms with E-state index >= 15 is 0 Å². The molecule has 1 aliphatic carbocycles. The number of halogens is 1. The molecule has 0 spiro atoms. The first-order valence-corrected chi connectivity index (χ1v) is 7.28. The number of nitriles is 1. The summed E-state index contributed by atoms with van der Waals surface area (Å²) in [5.74, 6) is -0.708. The number of anilines is 1. The van der Waals surface area contributed by atoms with Crippen LogP contribution in [0.2, 0.25) is 0 Å². The van der Waals surface area contributed by atoms with Crippen LogP contribution in [0, 0.1) is 17.2 Å². The fraction of sp³-hybridized carbons (Fsp3) is 0.357. The summed E-state index contributed by atoms with van der Waals surface area (Å²) in [4.78, 5) is 22.8. The van der Waals surface area contributed by atoms with Crippen LogP contribution in [0.25, 0.3) is 0 Å². The van der Waals surface area contributed by atoms with E-state index in [0.29, 0.717) is 11.3 Å². The van der Waals surface area contributed by atoms with Gasteiger partial charge in [0.1, 0.15) is 6.07 Å². The number of carboxylic acids is 1. The molecule has 1 aliphatic rings. The lowest BCUT2D eigenvalue weighted by Crippen LogP contribution is -2.40. The molecule has 0 saturated heterocycles. The van der Waals surface area contributed by atoms with Crippen LogP contribution in [0.3, 0.4) is 0 Å². The van der Waals surface area contributed by atoms with Crippen molar-refractivity contribution in [2.45, 2.75) is 25.3 Å². The van der Waals surface area contributed by atoms with Gasteiger partial charge in [-0.1, -0.05) is 15.9 Å². The summed E-state index contributed by atoms with van der Waals surface area (Å²) in [6.45, 7) is 0. The molecule has 0 aliphatic heterocycles. The quantitative estimate of drug-likeness (QED) is 0.758. The number of nitrogens with zero attached hydrogens (tertiary/aromatic N) is 1. The standard InChI is InChI=1S/C14H14BrN3O3/c15-10-3-4-11(9(5-10)7-16)17-14(21)18-12(6-13(19)20)8-1-2-8/h3-5,8,12H,1-2,6H2,(H,19,20)(H2,17,18,21). The minimum Gasteiger partial charge on any atom is -0.481 e. The Labute approximate surface area is 130 Å². The van der Waals surface area contributed by atoms with Gasteiger partial charge in [0.05, 0.1) is 17.7 Å². The van der Waals surface area contributed by atoms with E-state index in [9.17, 15) is 9.59 Å². The van der Waals surface area contributed by atoms with E-state index in [0.717, 1.165) is 17.3 Å². The molecule has 1 fully saturated rings. The number of hydrogen-bond acceptors (Lipinski definition) is 3. The molecule has 1 atom stereocenters. The van der Waals surface area contributed by atoms with Gasteiger partial charge >= 0.3 is 12.0 Å². The molecule has 6 nitrogen and oxygen atoms in total. The van der Waals surface area contributed by atoms with Crippen LogP contribution in [0.5, 0.6) is 0 Å². The van der Waals surface area contributed by atoms with Gasteiger partial charge in [-0.15, -0.1) is 0 Å². The number of rotatable bonds is 5. The van der Waals surface area contributed by atoms with Crippen LogP contribution in [0.15, 0.2) is 22.7 Å². The monoisotopic (exact) mass is 351 g/mol. The highest BCUT2D eigenvalue weighted by molar-refractivity contribution is 9.10. The van der Waals surface area contributed by atoms with Crippen molar-refractivity contribution in [3.05, 3.63) is 28.2 Å². The Hall–Kier alpha value is -2.07. The van der Waals surface area contributed by atoms with Crippen LogP contribution in [-0.2, 0) is 4.79 Å². The molecular weight excluding hydrogens is 338 g/mol. The fourth-order valence-corrected chi connectivity index (χ4v) is 2.43. The Morgan fingerprint density at radius 2 is 2.19 bits per heavy atom.